The zero-order chi connectivity index (χ0) is 21.4. The van der Waals surface area contributed by atoms with Crippen molar-refractivity contribution in [3.05, 3.63) is 23.4 Å². The maximum atomic E-state index is 12.4. The number of rotatable bonds is 11. The summed E-state index contributed by atoms with van der Waals surface area (Å²) in [5, 5.41) is 15.5. The van der Waals surface area contributed by atoms with Gasteiger partial charge in [-0.25, -0.2) is 9.78 Å². The molecule has 1 amide bonds. The molecule has 166 valence electrons. The Morgan fingerprint density at radius 3 is 2.83 bits per heavy atom. The standard InChI is InChI=1S/C23H35N3O4/c1-23(13-15-30-16-23)22(29)26-19(21(27)28)10-6-4-2-3-5-9-18-12-11-17-8-7-14-24-20(17)25-18/h11-12,19H,2-10,13-16H2,1H3,(H,24,25)(H,26,29)(H,27,28)/t19-,23-/m0/s1. The average molecular weight is 418 g/mol. The second-order valence-corrected chi connectivity index (χ2v) is 8.87. The van der Waals surface area contributed by atoms with Crippen molar-refractivity contribution < 1.29 is 19.4 Å². The van der Waals surface area contributed by atoms with E-state index in [-0.39, 0.29) is 5.91 Å². The second kappa shape index (κ2) is 10.8. The molecule has 1 fully saturated rings. The first-order chi connectivity index (χ1) is 14.5. The lowest BCUT2D eigenvalue weighted by atomic mass is 9.88. The Balaban J connectivity index is 1.30. The van der Waals surface area contributed by atoms with Crippen molar-refractivity contribution >= 4 is 17.7 Å². The molecule has 2 aliphatic rings. The lowest BCUT2D eigenvalue weighted by Gasteiger charge is -2.23. The van der Waals surface area contributed by atoms with Gasteiger partial charge in [0.05, 0.1) is 12.0 Å². The molecule has 3 heterocycles. The third-order valence-corrected chi connectivity index (χ3v) is 6.25. The van der Waals surface area contributed by atoms with Gasteiger partial charge in [-0.3, -0.25) is 4.79 Å². The van der Waals surface area contributed by atoms with Crippen LogP contribution in [0.25, 0.3) is 0 Å². The molecular weight excluding hydrogens is 382 g/mol. The van der Waals surface area contributed by atoms with Crippen LogP contribution in [0.4, 0.5) is 5.82 Å². The fraction of sp³-hybridized carbons (Fsp3) is 0.696. The van der Waals surface area contributed by atoms with Gasteiger partial charge in [0.25, 0.3) is 0 Å². The fourth-order valence-corrected chi connectivity index (χ4v) is 4.13. The van der Waals surface area contributed by atoms with Crippen molar-refractivity contribution in [1.82, 2.24) is 10.3 Å². The number of carbonyl (C=O) groups excluding carboxylic acids is 1. The third-order valence-electron chi connectivity index (χ3n) is 6.25. The summed E-state index contributed by atoms with van der Waals surface area (Å²) in [6.45, 7) is 3.76. The van der Waals surface area contributed by atoms with Crippen molar-refractivity contribution in [3.63, 3.8) is 0 Å². The summed E-state index contributed by atoms with van der Waals surface area (Å²) >= 11 is 0. The number of unbranched alkanes of at least 4 members (excludes halogenated alkanes) is 4. The van der Waals surface area contributed by atoms with Crippen LogP contribution in [0.5, 0.6) is 0 Å². The summed E-state index contributed by atoms with van der Waals surface area (Å²) in [6.07, 6.45) is 9.39. The number of aliphatic carboxylic acids is 1. The molecule has 0 aromatic carbocycles. The van der Waals surface area contributed by atoms with Crippen molar-refractivity contribution in [1.29, 1.82) is 0 Å². The van der Waals surface area contributed by atoms with Crippen LogP contribution in [0.1, 0.15) is 69.5 Å². The average Bonchev–Trinajstić information content (AvgIpc) is 3.19. The number of fused-ring (bicyclic) bond motifs is 1. The maximum absolute atomic E-state index is 12.4. The molecule has 7 nitrogen and oxygen atoms in total. The SMILES string of the molecule is C[C@]1(C(=O)N[C@@H](CCCCCCCc2ccc3c(n2)NCCC3)C(=O)O)CCOC1. The number of ether oxygens (including phenoxy) is 1. The van der Waals surface area contributed by atoms with Crippen LogP contribution >= 0.6 is 0 Å². The van der Waals surface area contributed by atoms with Gasteiger partial charge in [0.15, 0.2) is 0 Å². The number of aromatic nitrogens is 1. The molecular formula is C23H35N3O4. The minimum atomic E-state index is -0.960. The molecule has 3 rings (SSSR count). The number of hydrogen-bond donors (Lipinski definition) is 3. The van der Waals surface area contributed by atoms with E-state index in [1.165, 1.54) is 12.0 Å². The Kier molecular flexibility index (Phi) is 8.08. The van der Waals surface area contributed by atoms with Crippen LogP contribution < -0.4 is 10.6 Å². The summed E-state index contributed by atoms with van der Waals surface area (Å²) in [6, 6.07) is 3.52. The van der Waals surface area contributed by atoms with E-state index in [1.54, 1.807) is 0 Å². The van der Waals surface area contributed by atoms with E-state index in [2.05, 4.69) is 22.8 Å². The first-order valence-corrected chi connectivity index (χ1v) is 11.3. The number of anilines is 1. The summed E-state index contributed by atoms with van der Waals surface area (Å²) in [4.78, 5) is 28.7. The Morgan fingerprint density at radius 2 is 2.07 bits per heavy atom. The molecule has 1 aromatic rings. The van der Waals surface area contributed by atoms with E-state index in [0.29, 0.717) is 26.1 Å². The van der Waals surface area contributed by atoms with Gasteiger partial charge >= 0.3 is 5.97 Å². The van der Waals surface area contributed by atoms with Crippen molar-refractivity contribution in [2.24, 2.45) is 5.41 Å². The first kappa shape index (κ1) is 22.5. The summed E-state index contributed by atoms with van der Waals surface area (Å²) in [7, 11) is 0. The van der Waals surface area contributed by atoms with Crippen molar-refractivity contribution in [2.45, 2.75) is 77.2 Å². The summed E-state index contributed by atoms with van der Waals surface area (Å²) in [5.41, 5.74) is 1.86. The number of aryl methyl sites for hydroxylation is 2. The van der Waals surface area contributed by atoms with Crippen molar-refractivity contribution in [3.8, 4) is 0 Å². The van der Waals surface area contributed by atoms with Gasteiger partial charge < -0.3 is 20.5 Å². The van der Waals surface area contributed by atoms with Crippen LogP contribution in [-0.4, -0.2) is 47.8 Å². The predicted molar refractivity (Wildman–Crippen MR) is 116 cm³/mol. The Bertz CT molecular complexity index is 731. The monoisotopic (exact) mass is 417 g/mol. The molecule has 2 aliphatic heterocycles. The summed E-state index contributed by atoms with van der Waals surface area (Å²) in [5.74, 6) is -0.115. The van der Waals surface area contributed by atoms with Gasteiger partial charge in [-0.2, -0.15) is 0 Å². The number of nitrogens with zero attached hydrogens (tertiary/aromatic N) is 1. The van der Waals surface area contributed by atoms with Gasteiger partial charge in [-0.15, -0.1) is 0 Å². The van der Waals surface area contributed by atoms with Crippen LogP contribution in [0.15, 0.2) is 12.1 Å². The minimum absolute atomic E-state index is 0.209. The van der Waals surface area contributed by atoms with E-state index in [0.717, 1.165) is 63.0 Å². The van der Waals surface area contributed by atoms with Gasteiger partial charge in [0.1, 0.15) is 11.9 Å². The van der Waals surface area contributed by atoms with Crippen LogP contribution in [0.3, 0.4) is 0 Å². The zero-order valence-corrected chi connectivity index (χ0v) is 18.0. The van der Waals surface area contributed by atoms with Crippen LogP contribution in [-0.2, 0) is 27.2 Å². The highest BCUT2D eigenvalue weighted by molar-refractivity contribution is 5.87. The molecule has 0 aliphatic carbocycles. The molecule has 0 radical (unpaired) electrons. The molecule has 30 heavy (non-hydrogen) atoms. The molecule has 0 bridgehead atoms. The fourth-order valence-electron chi connectivity index (χ4n) is 4.13. The molecule has 1 saturated heterocycles. The number of carboxylic acid groups (broad SMARTS) is 1. The van der Waals surface area contributed by atoms with E-state index in [9.17, 15) is 14.7 Å². The lowest BCUT2D eigenvalue weighted by molar-refractivity contribution is -0.144. The number of amides is 1. The second-order valence-electron chi connectivity index (χ2n) is 8.87. The molecule has 0 spiro atoms. The van der Waals surface area contributed by atoms with E-state index in [4.69, 9.17) is 9.72 Å². The highest BCUT2D eigenvalue weighted by Gasteiger charge is 2.39. The molecule has 1 aromatic heterocycles. The molecule has 2 atom stereocenters. The van der Waals surface area contributed by atoms with Gasteiger partial charge in [0, 0.05) is 18.8 Å². The maximum Gasteiger partial charge on any atom is 0.326 e. The number of pyridine rings is 1. The number of carbonyl (C=O) groups is 2. The number of nitrogens with one attached hydrogen (secondary N) is 2. The highest BCUT2D eigenvalue weighted by atomic mass is 16.5. The zero-order valence-electron chi connectivity index (χ0n) is 18.0. The van der Waals surface area contributed by atoms with Crippen molar-refractivity contribution in [2.75, 3.05) is 25.1 Å². The molecule has 0 unspecified atom stereocenters. The molecule has 7 heteroatoms. The Labute approximate surface area is 179 Å². The van der Waals surface area contributed by atoms with Crippen LogP contribution in [0.2, 0.25) is 0 Å². The Hall–Kier alpha value is -2.15. The normalized spacial score (nSPS) is 21.5. The van der Waals surface area contributed by atoms with Gasteiger partial charge in [0.2, 0.25) is 5.91 Å². The highest BCUT2D eigenvalue weighted by Crippen LogP contribution is 2.28. The van der Waals surface area contributed by atoms with E-state index < -0.39 is 17.4 Å². The number of hydrogen-bond acceptors (Lipinski definition) is 5. The van der Waals surface area contributed by atoms with Crippen LogP contribution in [0, 0.1) is 5.41 Å². The largest absolute Gasteiger partial charge is 0.480 e. The van der Waals surface area contributed by atoms with Gasteiger partial charge in [-0.05, 0) is 57.1 Å². The number of carboxylic acids is 1. The van der Waals surface area contributed by atoms with E-state index in [1.807, 2.05) is 6.92 Å². The lowest BCUT2D eigenvalue weighted by Crippen LogP contribution is -2.47. The predicted octanol–water partition coefficient (Wildman–Crippen LogP) is 3.32. The van der Waals surface area contributed by atoms with Gasteiger partial charge in [-0.1, -0.05) is 31.7 Å². The first-order valence-electron chi connectivity index (χ1n) is 11.3. The molecule has 3 N–H and O–H groups in total. The molecule has 0 saturated carbocycles. The summed E-state index contributed by atoms with van der Waals surface area (Å²) < 4.78 is 5.30. The smallest absolute Gasteiger partial charge is 0.326 e. The topological polar surface area (TPSA) is 101 Å². The Morgan fingerprint density at radius 1 is 1.27 bits per heavy atom. The quantitative estimate of drug-likeness (QED) is 0.478. The minimum Gasteiger partial charge on any atom is -0.480 e. The third kappa shape index (κ3) is 6.17. The van der Waals surface area contributed by atoms with E-state index >= 15 is 0 Å².